The molecule has 7 heteroatoms. The van der Waals surface area contributed by atoms with Gasteiger partial charge in [-0.25, -0.2) is 4.39 Å². The third-order valence-electron chi connectivity index (χ3n) is 3.42. The molecule has 0 saturated carbocycles. The first-order valence-electron chi connectivity index (χ1n) is 8.03. The van der Waals surface area contributed by atoms with Crippen LogP contribution in [-0.2, 0) is 0 Å². The van der Waals surface area contributed by atoms with Gasteiger partial charge in [0.15, 0.2) is 5.96 Å². The number of aliphatic hydroxyl groups excluding tert-OH is 1. The summed E-state index contributed by atoms with van der Waals surface area (Å²) < 4.78 is 18.2. The number of ether oxygens (including phenoxy) is 1. The first-order valence-corrected chi connectivity index (χ1v) is 8.03. The van der Waals surface area contributed by atoms with Crippen LogP contribution < -0.4 is 15.4 Å². The molecule has 2 unspecified atom stereocenters. The second kappa shape index (κ2) is 12.3. The molecule has 0 heterocycles. The van der Waals surface area contributed by atoms with E-state index in [2.05, 4.69) is 36.4 Å². The van der Waals surface area contributed by atoms with E-state index in [1.54, 1.807) is 0 Å². The standard InChI is InChI=1S/C17H28FN3O2.HI/c1-5-19-17(21-13(4)12(2)3)20-10-15(22)11-23-16-8-6-14(18)7-9-16;/h6-9,12-13,15,22H,5,10-11H2,1-4H3,(H2,19,20,21);1H. The second-order valence-corrected chi connectivity index (χ2v) is 5.82. The number of rotatable bonds is 8. The van der Waals surface area contributed by atoms with Crippen LogP contribution in [-0.4, -0.2) is 42.9 Å². The maximum atomic E-state index is 12.8. The van der Waals surface area contributed by atoms with Crippen LogP contribution in [0.2, 0.25) is 0 Å². The molecule has 0 fully saturated rings. The fourth-order valence-electron chi connectivity index (χ4n) is 1.67. The van der Waals surface area contributed by atoms with Gasteiger partial charge in [0.1, 0.15) is 24.3 Å². The molecule has 0 saturated heterocycles. The minimum Gasteiger partial charge on any atom is -0.491 e. The van der Waals surface area contributed by atoms with Crippen molar-refractivity contribution in [3.63, 3.8) is 0 Å². The van der Waals surface area contributed by atoms with E-state index in [1.165, 1.54) is 24.3 Å². The summed E-state index contributed by atoms with van der Waals surface area (Å²) in [6.07, 6.45) is -0.732. The Morgan fingerprint density at radius 3 is 2.42 bits per heavy atom. The van der Waals surface area contributed by atoms with E-state index in [0.29, 0.717) is 17.6 Å². The highest BCUT2D eigenvalue weighted by atomic mass is 127. The molecule has 24 heavy (non-hydrogen) atoms. The Bertz CT molecular complexity index is 483. The molecule has 0 aliphatic rings. The molecule has 0 spiro atoms. The monoisotopic (exact) mass is 453 g/mol. The molecule has 1 rings (SSSR count). The van der Waals surface area contributed by atoms with Crippen molar-refractivity contribution in [2.45, 2.75) is 39.8 Å². The number of nitrogens with one attached hydrogen (secondary N) is 2. The summed E-state index contributed by atoms with van der Waals surface area (Å²) in [6.45, 7) is 9.42. The smallest absolute Gasteiger partial charge is 0.191 e. The van der Waals surface area contributed by atoms with Crippen LogP contribution in [0.25, 0.3) is 0 Å². The fourth-order valence-corrected chi connectivity index (χ4v) is 1.67. The zero-order valence-corrected chi connectivity index (χ0v) is 17.1. The van der Waals surface area contributed by atoms with Crippen molar-refractivity contribution in [3.8, 4) is 5.75 Å². The highest BCUT2D eigenvalue weighted by Gasteiger charge is 2.10. The van der Waals surface area contributed by atoms with Gasteiger partial charge in [-0.1, -0.05) is 13.8 Å². The number of hydrogen-bond acceptors (Lipinski definition) is 3. The Labute approximate surface area is 161 Å². The topological polar surface area (TPSA) is 65.9 Å². The summed E-state index contributed by atoms with van der Waals surface area (Å²) in [5, 5.41) is 16.4. The van der Waals surface area contributed by atoms with Crippen LogP contribution >= 0.6 is 24.0 Å². The van der Waals surface area contributed by atoms with Crippen molar-refractivity contribution in [2.75, 3.05) is 19.7 Å². The van der Waals surface area contributed by atoms with E-state index >= 15 is 0 Å². The maximum absolute atomic E-state index is 12.8. The fraction of sp³-hybridized carbons (Fsp3) is 0.588. The van der Waals surface area contributed by atoms with Crippen molar-refractivity contribution >= 4 is 29.9 Å². The van der Waals surface area contributed by atoms with Gasteiger partial charge in [-0.15, -0.1) is 24.0 Å². The minimum atomic E-state index is -0.732. The predicted octanol–water partition coefficient (Wildman–Crippen LogP) is 2.78. The molecule has 0 amide bonds. The summed E-state index contributed by atoms with van der Waals surface area (Å²) in [4.78, 5) is 4.37. The van der Waals surface area contributed by atoms with Crippen LogP contribution in [0, 0.1) is 11.7 Å². The van der Waals surface area contributed by atoms with Gasteiger partial charge in [0.25, 0.3) is 0 Å². The van der Waals surface area contributed by atoms with Crippen LogP contribution in [0.4, 0.5) is 4.39 Å². The van der Waals surface area contributed by atoms with Crippen molar-refractivity contribution in [2.24, 2.45) is 10.9 Å². The third kappa shape index (κ3) is 9.27. The maximum Gasteiger partial charge on any atom is 0.191 e. The Morgan fingerprint density at radius 1 is 1.25 bits per heavy atom. The van der Waals surface area contributed by atoms with Gasteiger partial charge in [-0.2, -0.15) is 0 Å². The first kappa shape index (κ1) is 22.9. The lowest BCUT2D eigenvalue weighted by molar-refractivity contribution is 0.114. The molecular weight excluding hydrogens is 424 g/mol. The Hall–Kier alpha value is -1.09. The summed E-state index contributed by atoms with van der Waals surface area (Å²) in [5.74, 6) is 1.36. The van der Waals surface area contributed by atoms with Crippen molar-refractivity contribution < 1.29 is 14.2 Å². The zero-order chi connectivity index (χ0) is 17.2. The van der Waals surface area contributed by atoms with Gasteiger partial charge in [0, 0.05) is 12.6 Å². The van der Waals surface area contributed by atoms with Gasteiger partial charge >= 0.3 is 0 Å². The van der Waals surface area contributed by atoms with E-state index in [4.69, 9.17) is 4.74 Å². The lowest BCUT2D eigenvalue weighted by Gasteiger charge is -2.21. The molecular formula is C17H29FIN3O2. The molecule has 5 nitrogen and oxygen atoms in total. The summed E-state index contributed by atoms with van der Waals surface area (Å²) in [7, 11) is 0. The normalized spacial score (nSPS) is 13.9. The van der Waals surface area contributed by atoms with E-state index < -0.39 is 6.10 Å². The third-order valence-corrected chi connectivity index (χ3v) is 3.42. The number of aliphatic imine (C=N–C) groups is 1. The summed E-state index contributed by atoms with van der Waals surface area (Å²) in [5.41, 5.74) is 0. The molecule has 2 atom stereocenters. The van der Waals surface area contributed by atoms with Crippen LogP contribution in [0.3, 0.4) is 0 Å². The van der Waals surface area contributed by atoms with E-state index in [0.717, 1.165) is 6.54 Å². The molecule has 1 aromatic rings. The van der Waals surface area contributed by atoms with Crippen molar-refractivity contribution in [1.29, 1.82) is 0 Å². The number of nitrogens with zero attached hydrogens (tertiary/aromatic N) is 1. The molecule has 1 aromatic carbocycles. The lowest BCUT2D eigenvalue weighted by Crippen LogP contribution is -2.44. The van der Waals surface area contributed by atoms with Gasteiger partial charge in [0.05, 0.1) is 6.54 Å². The number of guanidine groups is 1. The average molecular weight is 453 g/mol. The SMILES string of the molecule is CCNC(=NCC(O)COc1ccc(F)cc1)NC(C)C(C)C.I. The Morgan fingerprint density at radius 2 is 1.88 bits per heavy atom. The number of hydrogen-bond donors (Lipinski definition) is 3. The van der Waals surface area contributed by atoms with Gasteiger partial charge in [-0.05, 0) is 44.0 Å². The van der Waals surface area contributed by atoms with Crippen molar-refractivity contribution in [1.82, 2.24) is 10.6 Å². The van der Waals surface area contributed by atoms with Gasteiger partial charge in [-0.3, -0.25) is 4.99 Å². The van der Waals surface area contributed by atoms with Crippen molar-refractivity contribution in [3.05, 3.63) is 30.1 Å². The zero-order valence-electron chi connectivity index (χ0n) is 14.8. The molecule has 3 N–H and O–H groups in total. The molecule has 0 aliphatic carbocycles. The molecule has 0 aliphatic heterocycles. The first-order chi connectivity index (χ1) is 10.9. The van der Waals surface area contributed by atoms with Crippen LogP contribution in [0.1, 0.15) is 27.7 Å². The van der Waals surface area contributed by atoms with E-state index in [9.17, 15) is 9.50 Å². The minimum absolute atomic E-state index is 0. The average Bonchev–Trinajstić information content (AvgIpc) is 2.52. The van der Waals surface area contributed by atoms with Gasteiger partial charge in [0.2, 0.25) is 0 Å². The quantitative estimate of drug-likeness (QED) is 0.322. The number of halogens is 2. The van der Waals surface area contributed by atoms with Crippen LogP contribution in [0.15, 0.2) is 29.3 Å². The second-order valence-electron chi connectivity index (χ2n) is 5.82. The molecule has 0 aromatic heterocycles. The largest absolute Gasteiger partial charge is 0.491 e. The molecule has 0 radical (unpaired) electrons. The van der Waals surface area contributed by atoms with Crippen LogP contribution in [0.5, 0.6) is 5.75 Å². The number of benzene rings is 1. The highest BCUT2D eigenvalue weighted by molar-refractivity contribution is 14.0. The predicted molar refractivity (Wildman–Crippen MR) is 107 cm³/mol. The molecule has 138 valence electrons. The number of aliphatic hydroxyl groups is 1. The Kier molecular flexibility index (Phi) is 11.7. The van der Waals surface area contributed by atoms with E-state index in [-0.39, 0.29) is 49.0 Å². The van der Waals surface area contributed by atoms with Gasteiger partial charge < -0.3 is 20.5 Å². The molecule has 0 bridgehead atoms. The highest BCUT2D eigenvalue weighted by Crippen LogP contribution is 2.11. The lowest BCUT2D eigenvalue weighted by atomic mass is 10.1. The summed E-state index contributed by atoms with van der Waals surface area (Å²) >= 11 is 0. The summed E-state index contributed by atoms with van der Waals surface area (Å²) in [6, 6.07) is 5.98. The Balaban J connectivity index is 0.00000529. The van der Waals surface area contributed by atoms with E-state index in [1.807, 2.05) is 6.92 Å².